The van der Waals surface area contributed by atoms with Gasteiger partial charge in [-0.2, -0.15) is 0 Å². The second-order valence-electron chi connectivity index (χ2n) is 5.71. The molecule has 1 unspecified atom stereocenters. The van der Waals surface area contributed by atoms with Crippen molar-refractivity contribution in [3.8, 4) is 0 Å². The number of nitrogens with one attached hydrogen (secondary N) is 3. The van der Waals surface area contributed by atoms with Crippen molar-refractivity contribution in [1.82, 2.24) is 10.3 Å². The van der Waals surface area contributed by atoms with Crippen molar-refractivity contribution >= 4 is 51.2 Å². The number of halogens is 2. The molecule has 2 aromatic rings. The topological polar surface area (TPSA) is 83.1 Å². The molecular formula is C14H17BClFN4O2S2. The Kier molecular flexibility index (Phi) is 5.83. The second-order valence-corrected chi connectivity index (χ2v) is 8.67. The van der Waals surface area contributed by atoms with Gasteiger partial charge in [0.15, 0.2) is 5.13 Å². The van der Waals surface area contributed by atoms with Crippen LogP contribution in [0.1, 0.15) is 12.8 Å². The molecule has 1 saturated heterocycles. The van der Waals surface area contributed by atoms with E-state index in [0.29, 0.717) is 19.1 Å². The van der Waals surface area contributed by atoms with Crippen LogP contribution in [0.3, 0.4) is 0 Å². The highest BCUT2D eigenvalue weighted by Gasteiger charge is 2.22. The Labute approximate surface area is 155 Å². The lowest BCUT2D eigenvalue weighted by Crippen LogP contribution is -2.25. The number of nitrogens with zero attached hydrogens (tertiary/aromatic N) is 1. The summed E-state index contributed by atoms with van der Waals surface area (Å²) in [5.74, 6) is -0.866. The van der Waals surface area contributed by atoms with Gasteiger partial charge in [-0.05, 0) is 37.8 Å². The van der Waals surface area contributed by atoms with E-state index in [0.717, 1.165) is 42.8 Å². The van der Waals surface area contributed by atoms with E-state index in [9.17, 15) is 12.8 Å². The zero-order chi connectivity index (χ0) is 17.9. The summed E-state index contributed by atoms with van der Waals surface area (Å²) in [5.41, 5.74) is 0.380. The van der Waals surface area contributed by atoms with Crippen LogP contribution in [0, 0.1) is 5.82 Å². The molecule has 0 aliphatic carbocycles. The van der Waals surface area contributed by atoms with Crippen molar-refractivity contribution in [1.29, 1.82) is 0 Å². The van der Waals surface area contributed by atoms with Gasteiger partial charge in [-0.1, -0.05) is 11.6 Å². The minimum absolute atomic E-state index is 0.153. The molecule has 0 spiro atoms. The van der Waals surface area contributed by atoms with Crippen LogP contribution in [0.4, 0.5) is 15.2 Å². The number of aromatic nitrogens is 1. The Morgan fingerprint density at radius 1 is 1.48 bits per heavy atom. The van der Waals surface area contributed by atoms with E-state index in [1.165, 1.54) is 12.6 Å². The summed E-state index contributed by atoms with van der Waals surface area (Å²) < 4.78 is 41.2. The normalized spacial score (nSPS) is 17.4. The van der Waals surface area contributed by atoms with Crippen LogP contribution in [-0.4, -0.2) is 33.4 Å². The predicted octanol–water partition coefficient (Wildman–Crippen LogP) is 2.67. The first-order valence-electron chi connectivity index (χ1n) is 7.84. The van der Waals surface area contributed by atoms with E-state index in [4.69, 9.17) is 11.6 Å². The van der Waals surface area contributed by atoms with Crippen molar-refractivity contribution in [3.05, 3.63) is 34.5 Å². The minimum Gasteiger partial charge on any atom is -0.430 e. The summed E-state index contributed by atoms with van der Waals surface area (Å²) in [6.45, 7) is 1.03. The number of hydrogen-bond acceptors (Lipinski definition) is 6. The molecule has 0 amide bonds. The second kappa shape index (κ2) is 7.90. The van der Waals surface area contributed by atoms with Gasteiger partial charge in [0.05, 0.1) is 5.02 Å². The molecule has 1 fully saturated rings. The number of thiazole rings is 1. The number of sulfonamides is 1. The van der Waals surface area contributed by atoms with Gasteiger partial charge in [-0.25, -0.2) is 17.8 Å². The maximum absolute atomic E-state index is 14.3. The Bertz CT molecular complexity index is 830. The molecule has 134 valence electrons. The fourth-order valence-electron chi connectivity index (χ4n) is 2.70. The van der Waals surface area contributed by atoms with E-state index in [2.05, 4.69) is 20.3 Å². The largest absolute Gasteiger partial charge is 0.430 e. The van der Waals surface area contributed by atoms with Gasteiger partial charge >= 0.3 is 0 Å². The van der Waals surface area contributed by atoms with E-state index >= 15 is 0 Å². The van der Waals surface area contributed by atoms with Crippen LogP contribution in [0.2, 0.25) is 11.3 Å². The molecule has 0 radical (unpaired) electrons. The van der Waals surface area contributed by atoms with Gasteiger partial charge in [0.1, 0.15) is 10.7 Å². The average Bonchev–Trinajstić information content (AvgIpc) is 3.23. The maximum atomic E-state index is 14.3. The number of rotatable bonds is 7. The summed E-state index contributed by atoms with van der Waals surface area (Å²) in [5, 5.41) is 8.39. The Morgan fingerprint density at radius 3 is 3.00 bits per heavy atom. The maximum Gasteiger partial charge on any atom is 0.266 e. The van der Waals surface area contributed by atoms with Gasteiger partial charge in [0.25, 0.3) is 10.0 Å². The molecule has 0 saturated carbocycles. The molecule has 3 N–H and O–H groups in total. The quantitative estimate of drug-likeness (QED) is 0.620. The number of benzene rings is 1. The third-order valence-electron chi connectivity index (χ3n) is 3.94. The fourth-order valence-corrected chi connectivity index (χ4v) is 4.87. The van der Waals surface area contributed by atoms with Crippen molar-refractivity contribution in [2.24, 2.45) is 0 Å². The number of hydrogen-bond donors (Lipinski definition) is 3. The standard InChI is InChI=1S/C14H17BClFN4O2S2/c16-10-6-13(25(22,23)21-14-19-4-5-24-14)11(17)7-12(10)20-15-8-9-2-1-3-18-9/h4-7,9,15,18,20H,1-3,8H2,(H,19,21). The summed E-state index contributed by atoms with van der Waals surface area (Å²) in [6, 6.07) is 2.68. The summed E-state index contributed by atoms with van der Waals surface area (Å²) in [4.78, 5) is 3.33. The van der Waals surface area contributed by atoms with Gasteiger partial charge in [0, 0.05) is 23.3 Å². The van der Waals surface area contributed by atoms with E-state index in [1.807, 2.05) is 0 Å². The highest BCUT2D eigenvalue weighted by molar-refractivity contribution is 7.93. The smallest absolute Gasteiger partial charge is 0.266 e. The number of anilines is 2. The third kappa shape index (κ3) is 4.63. The van der Waals surface area contributed by atoms with Crippen LogP contribution >= 0.6 is 22.9 Å². The summed E-state index contributed by atoms with van der Waals surface area (Å²) in [7, 11) is -3.46. The van der Waals surface area contributed by atoms with Crippen molar-refractivity contribution in [3.63, 3.8) is 0 Å². The molecule has 0 bridgehead atoms. The Balaban J connectivity index is 1.70. The molecule has 11 heteroatoms. The van der Waals surface area contributed by atoms with Crippen LogP contribution < -0.4 is 15.3 Å². The average molecular weight is 403 g/mol. The first kappa shape index (κ1) is 18.4. The van der Waals surface area contributed by atoms with Crippen molar-refractivity contribution in [2.45, 2.75) is 30.1 Å². The molecule has 3 rings (SSSR count). The fraction of sp³-hybridized carbons (Fsp3) is 0.357. The zero-order valence-corrected chi connectivity index (χ0v) is 15.6. The van der Waals surface area contributed by atoms with E-state index in [-0.39, 0.29) is 10.2 Å². The third-order valence-corrected chi connectivity index (χ3v) is 6.42. The molecule has 2 heterocycles. The Hall–Kier alpha value is -1.36. The lowest BCUT2D eigenvalue weighted by molar-refractivity contribution is 0.571. The lowest BCUT2D eigenvalue weighted by Gasteiger charge is -2.13. The van der Waals surface area contributed by atoms with Gasteiger partial charge in [0.2, 0.25) is 7.41 Å². The van der Waals surface area contributed by atoms with Gasteiger partial charge in [-0.15, -0.1) is 11.3 Å². The summed E-state index contributed by atoms with van der Waals surface area (Å²) >= 11 is 7.24. The molecule has 1 atom stereocenters. The Morgan fingerprint density at radius 2 is 2.32 bits per heavy atom. The first-order valence-corrected chi connectivity index (χ1v) is 10.6. The molecule has 6 nitrogen and oxygen atoms in total. The SMILES string of the molecule is O=S(=O)(Nc1nccs1)c1cc(Cl)c(NBCC2CCCN2)cc1F. The zero-order valence-electron chi connectivity index (χ0n) is 13.3. The van der Waals surface area contributed by atoms with Crippen LogP contribution in [0.15, 0.2) is 28.6 Å². The van der Waals surface area contributed by atoms with Crippen LogP contribution in [-0.2, 0) is 10.0 Å². The minimum atomic E-state index is -4.09. The van der Waals surface area contributed by atoms with Crippen LogP contribution in [0.5, 0.6) is 0 Å². The molecule has 1 aromatic carbocycles. The first-order chi connectivity index (χ1) is 12.0. The van der Waals surface area contributed by atoms with Crippen molar-refractivity contribution < 1.29 is 12.8 Å². The van der Waals surface area contributed by atoms with Gasteiger partial charge < -0.3 is 10.5 Å². The molecular weight excluding hydrogens is 386 g/mol. The lowest BCUT2D eigenvalue weighted by atomic mass is 9.83. The van der Waals surface area contributed by atoms with E-state index in [1.54, 1.807) is 5.38 Å². The monoisotopic (exact) mass is 402 g/mol. The molecule has 1 aliphatic heterocycles. The highest BCUT2D eigenvalue weighted by Crippen LogP contribution is 2.29. The van der Waals surface area contributed by atoms with Crippen molar-refractivity contribution in [2.75, 3.05) is 16.5 Å². The highest BCUT2D eigenvalue weighted by atomic mass is 35.5. The molecule has 1 aromatic heterocycles. The van der Waals surface area contributed by atoms with Gasteiger partial charge in [-0.3, -0.25) is 4.72 Å². The predicted molar refractivity (Wildman–Crippen MR) is 101 cm³/mol. The molecule has 25 heavy (non-hydrogen) atoms. The molecule has 1 aliphatic rings. The summed E-state index contributed by atoms with van der Waals surface area (Å²) in [6.07, 6.45) is 4.64. The van der Waals surface area contributed by atoms with E-state index < -0.39 is 20.7 Å². The van der Waals surface area contributed by atoms with Crippen LogP contribution in [0.25, 0.3) is 0 Å².